The lowest BCUT2D eigenvalue weighted by molar-refractivity contribution is -0.114. The highest BCUT2D eigenvalue weighted by Gasteiger charge is 2.10. The van der Waals surface area contributed by atoms with E-state index in [2.05, 4.69) is 39.2 Å². The number of para-hydroxylation sites is 2. The lowest BCUT2D eigenvalue weighted by Crippen LogP contribution is -2.20. The Balaban J connectivity index is 1.71. The first-order valence-electron chi connectivity index (χ1n) is 8.06. The van der Waals surface area contributed by atoms with Gasteiger partial charge in [0.2, 0.25) is 5.91 Å². The van der Waals surface area contributed by atoms with Crippen molar-refractivity contribution in [2.24, 2.45) is 7.05 Å². The van der Waals surface area contributed by atoms with E-state index in [9.17, 15) is 4.79 Å². The van der Waals surface area contributed by atoms with Crippen molar-refractivity contribution in [1.29, 1.82) is 0 Å². The van der Waals surface area contributed by atoms with Gasteiger partial charge in [0.05, 0.1) is 17.6 Å². The Morgan fingerprint density at radius 3 is 2.75 bits per heavy atom. The summed E-state index contributed by atoms with van der Waals surface area (Å²) in [5, 5.41) is 6.32. The van der Waals surface area contributed by atoms with Gasteiger partial charge in [-0.25, -0.2) is 4.98 Å². The second-order valence-electron chi connectivity index (χ2n) is 5.99. The first-order valence-corrected chi connectivity index (χ1v) is 8.06. The number of aryl methyl sites for hydroxylation is 1. The average Bonchev–Trinajstić information content (AvgIpc) is 2.89. The third-order valence-electron chi connectivity index (χ3n) is 4.15. The Morgan fingerprint density at radius 2 is 2.00 bits per heavy atom. The maximum Gasteiger partial charge on any atom is 0.221 e. The van der Waals surface area contributed by atoms with E-state index in [4.69, 9.17) is 0 Å². The van der Waals surface area contributed by atoms with Crippen LogP contribution in [0.25, 0.3) is 11.0 Å². The van der Waals surface area contributed by atoms with Crippen molar-refractivity contribution in [1.82, 2.24) is 14.9 Å². The molecule has 0 radical (unpaired) electrons. The number of rotatable bonds is 5. The Kier molecular flexibility index (Phi) is 4.62. The van der Waals surface area contributed by atoms with Gasteiger partial charge in [-0.3, -0.25) is 4.79 Å². The predicted molar refractivity (Wildman–Crippen MR) is 96.7 cm³/mol. The van der Waals surface area contributed by atoms with Gasteiger partial charge in [0.25, 0.3) is 0 Å². The van der Waals surface area contributed by atoms with E-state index >= 15 is 0 Å². The molecule has 0 saturated carbocycles. The van der Waals surface area contributed by atoms with Gasteiger partial charge in [-0.2, -0.15) is 0 Å². The average molecular weight is 322 g/mol. The van der Waals surface area contributed by atoms with Gasteiger partial charge < -0.3 is 15.2 Å². The summed E-state index contributed by atoms with van der Waals surface area (Å²) in [5.74, 6) is 0.938. The van der Waals surface area contributed by atoms with Crippen LogP contribution in [-0.4, -0.2) is 15.5 Å². The highest BCUT2D eigenvalue weighted by Crippen LogP contribution is 2.19. The predicted octanol–water partition coefficient (Wildman–Crippen LogP) is 3.38. The summed E-state index contributed by atoms with van der Waals surface area (Å²) < 4.78 is 2.11. The van der Waals surface area contributed by atoms with Crippen LogP contribution in [0.2, 0.25) is 0 Å². The maximum absolute atomic E-state index is 11.2. The first kappa shape index (κ1) is 16.2. The minimum absolute atomic E-state index is 0.0625. The molecule has 0 saturated heterocycles. The molecule has 1 atom stereocenters. The van der Waals surface area contributed by atoms with Crippen LogP contribution in [0.4, 0.5) is 5.69 Å². The van der Waals surface area contributed by atoms with Crippen LogP contribution in [0, 0.1) is 0 Å². The number of fused-ring (bicyclic) bond motifs is 1. The van der Waals surface area contributed by atoms with E-state index in [1.807, 2.05) is 43.4 Å². The SMILES string of the molecule is CC(=O)Nc1cccc([C@H](C)NCc2nc3ccccc3n2C)c1. The molecule has 3 rings (SSSR count). The summed E-state index contributed by atoms with van der Waals surface area (Å²) in [6, 6.07) is 16.2. The van der Waals surface area contributed by atoms with Gasteiger partial charge in [0.15, 0.2) is 0 Å². The van der Waals surface area contributed by atoms with Crippen molar-refractivity contribution in [2.75, 3.05) is 5.32 Å². The standard InChI is InChI=1S/C19H22N4O/c1-13(15-7-6-8-16(11-15)21-14(2)24)20-12-19-22-17-9-4-5-10-18(17)23(19)3/h4-11,13,20H,12H2,1-3H3,(H,21,24)/t13-/m0/s1. The normalized spacial score (nSPS) is 12.3. The molecule has 0 unspecified atom stereocenters. The number of benzene rings is 2. The zero-order valence-corrected chi connectivity index (χ0v) is 14.2. The molecule has 124 valence electrons. The topological polar surface area (TPSA) is 59.0 Å². The molecule has 0 spiro atoms. The molecule has 2 aromatic carbocycles. The maximum atomic E-state index is 11.2. The van der Waals surface area contributed by atoms with Crippen molar-refractivity contribution in [3.05, 3.63) is 59.9 Å². The fraction of sp³-hybridized carbons (Fsp3) is 0.263. The molecule has 24 heavy (non-hydrogen) atoms. The number of nitrogens with one attached hydrogen (secondary N) is 2. The number of carbonyl (C=O) groups excluding carboxylic acids is 1. The van der Waals surface area contributed by atoms with Gasteiger partial charge in [0.1, 0.15) is 5.82 Å². The van der Waals surface area contributed by atoms with Crippen LogP contribution >= 0.6 is 0 Å². The fourth-order valence-electron chi connectivity index (χ4n) is 2.80. The summed E-state index contributed by atoms with van der Waals surface area (Å²) in [5.41, 5.74) is 4.09. The van der Waals surface area contributed by atoms with Gasteiger partial charge >= 0.3 is 0 Å². The van der Waals surface area contributed by atoms with Crippen LogP contribution in [0.15, 0.2) is 48.5 Å². The molecule has 3 aromatic rings. The minimum atomic E-state index is -0.0625. The zero-order chi connectivity index (χ0) is 17.1. The number of amides is 1. The lowest BCUT2D eigenvalue weighted by atomic mass is 10.1. The van der Waals surface area contributed by atoms with Crippen LogP contribution in [0.3, 0.4) is 0 Å². The molecule has 0 aliphatic carbocycles. The third-order valence-corrected chi connectivity index (χ3v) is 4.15. The van der Waals surface area contributed by atoms with Crippen LogP contribution < -0.4 is 10.6 Å². The minimum Gasteiger partial charge on any atom is -0.330 e. The van der Waals surface area contributed by atoms with Crippen molar-refractivity contribution in [3.63, 3.8) is 0 Å². The number of hydrogen-bond acceptors (Lipinski definition) is 3. The Morgan fingerprint density at radius 1 is 1.21 bits per heavy atom. The van der Waals surface area contributed by atoms with E-state index in [0.717, 1.165) is 28.1 Å². The molecule has 1 amide bonds. The summed E-state index contributed by atoms with van der Waals surface area (Å²) in [4.78, 5) is 15.9. The van der Waals surface area contributed by atoms with Gasteiger partial charge in [-0.1, -0.05) is 24.3 Å². The zero-order valence-electron chi connectivity index (χ0n) is 14.2. The monoisotopic (exact) mass is 322 g/mol. The fourth-order valence-corrected chi connectivity index (χ4v) is 2.80. The molecular weight excluding hydrogens is 300 g/mol. The smallest absolute Gasteiger partial charge is 0.221 e. The highest BCUT2D eigenvalue weighted by atomic mass is 16.1. The van der Waals surface area contributed by atoms with E-state index in [-0.39, 0.29) is 11.9 Å². The summed E-state index contributed by atoms with van der Waals surface area (Å²) >= 11 is 0. The summed E-state index contributed by atoms with van der Waals surface area (Å²) in [7, 11) is 2.04. The van der Waals surface area contributed by atoms with Crippen molar-refractivity contribution < 1.29 is 4.79 Å². The summed E-state index contributed by atoms with van der Waals surface area (Å²) in [6.07, 6.45) is 0. The molecule has 0 aliphatic rings. The van der Waals surface area contributed by atoms with Crippen molar-refractivity contribution in [3.8, 4) is 0 Å². The number of hydrogen-bond donors (Lipinski definition) is 2. The first-order chi connectivity index (χ1) is 11.5. The van der Waals surface area contributed by atoms with E-state index in [1.54, 1.807) is 0 Å². The van der Waals surface area contributed by atoms with E-state index in [1.165, 1.54) is 6.92 Å². The second-order valence-corrected chi connectivity index (χ2v) is 5.99. The molecule has 5 nitrogen and oxygen atoms in total. The molecule has 0 aliphatic heterocycles. The number of aromatic nitrogens is 2. The quantitative estimate of drug-likeness (QED) is 0.757. The van der Waals surface area contributed by atoms with Gasteiger partial charge in [0, 0.05) is 25.7 Å². The molecule has 1 heterocycles. The Bertz CT molecular complexity index is 869. The van der Waals surface area contributed by atoms with Crippen LogP contribution in [0.5, 0.6) is 0 Å². The third kappa shape index (κ3) is 3.46. The van der Waals surface area contributed by atoms with E-state index in [0.29, 0.717) is 6.54 Å². The Hall–Kier alpha value is -2.66. The molecule has 0 bridgehead atoms. The second kappa shape index (κ2) is 6.84. The summed E-state index contributed by atoms with van der Waals surface area (Å²) in [6.45, 7) is 4.30. The largest absolute Gasteiger partial charge is 0.330 e. The van der Waals surface area contributed by atoms with Crippen LogP contribution in [0.1, 0.15) is 31.3 Å². The van der Waals surface area contributed by atoms with Gasteiger partial charge in [-0.05, 0) is 36.8 Å². The molecule has 5 heteroatoms. The molecular formula is C19H22N4O. The van der Waals surface area contributed by atoms with Crippen molar-refractivity contribution in [2.45, 2.75) is 26.4 Å². The van der Waals surface area contributed by atoms with Gasteiger partial charge in [-0.15, -0.1) is 0 Å². The molecule has 0 fully saturated rings. The van der Waals surface area contributed by atoms with Crippen molar-refractivity contribution >= 4 is 22.6 Å². The number of anilines is 1. The highest BCUT2D eigenvalue weighted by molar-refractivity contribution is 5.88. The van der Waals surface area contributed by atoms with E-state index < -0.39 is 0 Å². The molecule has 2 N–H and O–H groups in total. The number of imidazole rings is 1. The Labute approximate surface area is 141 Å². The number of nitrogens with zero attached hydrogens (tertiary/aromatic N) is 2. The van der Waals surface area contributed by atoms with Crippen LogP contribution in [-0.2, 0) is 18.4 Å². The lowest BCUT2D eigenvalue weighted by Gasteiger charge is -2.15. The molecule has 1 aromatic heterocycles. The number of carbonyl (C=O) groups is 1.